The minimum Gasteiger partial charge on any atom is -0.457 e. The molecule has 0 aliphatic carbocycles. The molecule has 200 valence electrons. The highest BCUT2D eigenvalue weighted by Gasteiger charge is 2.72. The van der Waals surface area contributed by atoms with Crippen LogP contribution in [0.2, 0.25) is 23.2 Å². The van der Waals surface area contributed by atoms with Crippen LogP contribution in [-0.4, -0.2) is 52.6 Å². The first-order chi connectivity index (χ1) is 17.6. The van der Waals surface area contributed by atoms with Crippen molar-refractivity contribution in [2.24, 2.45) is 0 Å². The summed E-state index contributed by atoms with van der Waals surface area (Å²) in [7, 11) is -4.79. The molecule has 2 aromatic rings. The number of carbonyl (C=O) groups excluding carboxylic acids is 1. The van der Waals surface area contributed by atoms with Gasteiger partial charge >= 0.3 is 5.97 Å². The number of carbonyl (C=O) groups is 1. The lowest BCUT2D eigenvalue weighted by molar-refractivity contribution is -0.148. The van der Waals surface area contributed by atoms with Gasteiger partial charge in [-0.1, -0.05) is 102 Å². The predicted molar refractivity (Wildman–Crippen MR) is 151 cm³/mol. The molecule has 3 aliphatic heterocycles. The van der Waals surface area contributed by atoms with Gasteiger partial charge in [0.15, 0.2) is 14.4 Å². The molecule has 5 atom stereocenters. The lowest BCUT2D eigenvalue weighted by Crippen LogP contribution is -2.68. The molecule has 0 radical (unpaired) electrons. The molecule has 3 heterocycles. The molecule has 0 unspecified atom stereocenters. The Hall–Kier alpha value is -1.78. The number of hydrogen-bond donors (Lipinski definition) is 0. The van der Waals surface area contributed by atoms with E-state index in [-0.39, 0.29) is 29.3 Å². The average Bonchev–Trinajstić information content (AvgIpc) is 3.52. The summed E-state index contributed by atoms with van der Waals surface area (Å²) in [5.74, 6) is -0.248. The van der Waals surface area contributed by atoms with Crippen molar-refractivity contribution in [2.75, 3.05) is 0 Å². The van der Waals surface area contributed by atoms with Crippen LogP contribution in [0.5, 0.6) is 0 Å². The smallest absolute Gasteiger partial charge is 0.337 e. The monoisotopic (exact) mass is 538 g/mol. The Morgan fingerprint density at radius 1 is 0.892 bits per heavy atom. The molecule has 3 fully saturated rings. The van der Waals surface area contributed by atoms with Crippen LogP contribution in [0.25, 0.3) is 0 Å². The van der Waals surface area contributed by atoms with Crippen molar-refractivity contribution in [3.63, 3.8) is 0 Å². The van der Waals surface area contributed by atoms with E-state index in [1.54, 1.807) is 0 Å². The first kappa shape index (κ1) is 26.8. The molecule has 3 saturated heterocycles. The topological polar surface area (TPSA) is 54.0 Å². The van der Waals surface area contributed by atoms with Crippen LogP contribution in [0.15, 0.2) is 60.7 Å². The van der Waals surface area contributed by atoms with Gasteiger partial charge in [0.1, 0.15) is 11.7 Å². The van der Waals surface area contributed by atoms with Crippen LogP contribution in [0.4, 0.5) is 0 Å². The fourth-order valence-corrected chi connectivity index (χ4v) is 14.5. The summed E-state index contributed by atoms with van der Waals surface area (Å²) in [6, 6.07) is 24.4. The highest BCUT2D eigenvalue weighted by Crippen LogP contribution is 2.55. The van der Waals surface area contributed by atoms with Gasteiger partial charge in [-0.25, -0.2) is 4.79 Å². The maximum Gasteiger partial charge on any atom is 0.337 e. The van der Waals surface area contributed by atoms with Crippen molar-refractivity contribution in [2.45, 2.75) is 108 Å². The second-order valence-electron chi connectivity index (χ2n) is 12.0. The van der Waals surface area contributed by atoms with Crippen LogP contribution in [0, 0.1) is 0 Å². The van der Waals surface area contributed by atoms with E-state index < -0.39 is 28.3 Å². The molecule has 0 N–H and O–H groups in total. The van der Waals surface area contributed by atoms with E-state index in [1.807, 2.05) is 0 Å². The zero-order chi connectivity index (χ0) is 26.5. The molecule has 37 heavy (non-hydrogen) atoms. The average molecular weight is 539 g/mol. The molecular formula is C30H42O5Si2. The summed E-state index contributed by atoms with van der Waals surface area (Å²) in [6.45, 7) is 13.5. The van der Waals surface area contributed by atoms with Gasteiger partial charge in [0.2, 0.25) is 0 Å². The van der Waals surface area contributed by atoms with Gasteiger partial charge in [-0.15, -0.1) is 0 Å². The van der Waals surface area contributed by atoms with E-state index in [4.69, 9.17) is 18.3 Å². The molecule has 2 aromatic carbocycles. The Kier molecular flexibility index (Phi) is 7.07. The number of esters is 1. The zero-order valence-corrected chi connectivity index (χ0v) is 25.2. The van der Waals surface area contributed by atoms with Crippen LogP contribution in [0.3, 0.4) is 0 Å². The van der Waals surface area contributed by atoms with Crippen LogP contribution >= 0.6 is 0 Å². The zero-order valence-electron chi connectivity index (χ0n) is 23.2. The van der Waals surface area contributed by atoms with Crippen molar-refractivity contribution in [3.8, 4) is 0 Å². The lowest BCUT2D eigenvalue weighted by Gasteiger charge is -2.46. The lowest BCUT2D eigenvalue weighted by atomic mass is 9.82. The van der Waals surface area contributed by atoms with Crippen LogP contribution < -0.4 is 10.4 Å². The summed E-state index contributed by atoms with van der Waals surface area (Å²) in [4.78, 5) is 13.2. The Morgan fingerprint density at radius 3 is 1.92 bits per heavy atom. The second kappa shape index (κ2) is 9.76. The Balaban J connectivity index is 1.53. The third-order valence-electron chi connectivity index (χ3n) is 9.26. The minimum absolute atomic E-state index is 0.105. The highest BCUT2D eigenvalue weighted by atomic mass is 28.4. The summed E-state index contributed by atoms with van der Waals surface area (Å²) >= 11 is 0. The maximum atomic E-state index is 13.2. The fourth-order valence-electron chi connectivity index (χ4n) is 6.99. The molecule has 5 nitrogen and oxygen atoms in total. The van der Waals surface area contributed by atoms with E-state index in [9.17, 15) is 4.79 Å². The van der Waals surface area contributed by atoms with Gasteiger partial charge in [0.05, 0.1) is 12.2 Å². The number of rotatable bonds is 9. The first-order valence-electron chi connectivity index (χ1n) is 14.0. The normalized spacial score (nSPS) is 29.4. The van der Waals surface area contributed by atoms with E-state index in [0.717, 1.165) is 18.1 Å². The Labute approximate surface area is 224 Å². The maximum absolute atomic E-state index is 13.2. The van der Waals surface area contributed by atoms with Gasteiger partial charge in [-0.05, 0) is 33.5 Å². The van der Waals surface area contributed by atoms with Gasteiger partial charge < -0.3 is 18.3 Å². The molecule has 0 saturated carbocycles. The van der Waals surface area contributed by atoms with Gasteiger partial charge in [0, 0.05) is 12.8 Å². The summed E-state index contributed by atoms with van der Waals surface area (Å²) < 4.78 is 26.9. The molecule has 2 bridgehead atoms. The number of fused-ring (bicyclic) bond motifs is 1. The van der Waals surface area contributed by atoms with Crippen molar-refractivity contribution >= 4 is 33.0 Å². The predicted octanol–water partition coefficient (Wildman–Crippen LogP) is 5.18. The minimum atomic E-state index is -2.74. The first-order valence-corrected chi connectivity index (χ1v) is 18.4. The largest absolute Gasteiger partial charge is 0.457 e. The summed E-state index contributed by atoms with van der Waals surface area (Å²) in [5.41, 5.74) is -0.740. The Bertz CT molecular complexity index is 1050. The van der Waals surface area contributed by atoms with Crippen LogP contribution in [-0.2, 0) is 23.1 Å². The van der Waals surface area contributed by atoms with E-state index >= 15 is 0 Å². The third-order valence-corrected chi connectivity index (χ3v) is 18.9. The SMILES string of the molecule is CC[Si](CC)(CC)O[C@H]1C(=O)O[C@H]2C[C@H]3O[C@]21C[C@@H]3O[Si](c1ccccc1)(c1ccccc1)C(C)(C)C. The third kappa shape index (κ3) is 4.18. The van der Waals surface area contributed by atoms with Crippen molar-refractivity contribution in [1.82, 2.24) is 0 Å². The van der Waals surface area contributed by atoms with Crippen molar-refractivity contribution < 1.29 is 23.1 Å². The molecule has 7 heteroatoms. The molecule has 1 spiro atoms. The van der Waals surface area contributed by atoms with Gasteiger partial charge in [-0.3, -0.25) is 0 Å². The summed E-state index contributed by atoms with van der Waals surface area (Å²) in [5, 5.41) is 2.39. The van der Waals surface area contributed by atoms with E-state index in [0.29, 0.717) is 12.8 Å². The van der Waals surface area contributed by atoms with Gasteiger partial charge in [-0.2, -0.15) is 0 Å². The quantitative estimate of drug-likeness (QED) is 0.325. The summed E-state index contributed by atoms with van der Waals surface area (Å²) in [6.07, 6.45) is 0.182. The number of benzene rings is 2. The molecular weight excluding hydrogens is 496 g/mol. The molecule has 0 aromatic heterocycles. The van der Waals surface area contributed by atoms with E-state index in [1.165, 1.54) is 10.4 Å². The number of hydrogen-bond acceptors (Lipinski definition) is 5. The second-order valence-corrected chi connectivity index (χ2v) is 21.0. The molecule has 5 rings (SSSR count). The standard InChI is InChI=1S/C30H42O5Si2/c1-7-36(8-2,9-3)35-27-28(31)32-26-20-24-25(21-30(26,27)33-24)34-37(29(4,5)6,22-16-12-10-13-17-22)23-18-14-11-15-19-23/h10-19,24-27H,7-9,20-21H2,1-6H3/t24-,25+,26+,27+,30-/m1/s1. The van der Waals surface area contributed by atoms with Crippen molar-refractivity contribution in [1.29, 1.82) is 0 Å². The van der Waals surface area contributed by atoms with Crippen molar-refractivity contribution in [3.05, 3.63) is 60.7 Å². The highest BCUT2D eigenvalue weighted by molar-refractivity contribution is 6.99. The van der Waals surface area contributed by atoms with Crippen LogP contribution in [0.1, 0.15) is 54.4 Å². The Morgan fingerprint density at radius 2 is 1.43 bits per heavy atom. The number of ether oxygens (including phenoxy) is 2. The molecule has 0 amide bonds. The molecule has 3 aliphatic rings. The van der Waals surface area contributed by atoms with Gasteiger partial charge in [0.25, 0.3) is 8.32 Å². The fraction of sp³-hybridized carbons (Fsp3) is 0.567. The van der Waals surface area contributed by atoms with E-state index in [2.05, 4.69) is 102 Å².